The maximum absolute atomic E-state index is 12.3. The third kappa shape index (κ3) is 3.32. The van der Waals surface area contributed by atoms with Crippen molar-refractivity contribution in [2.75, 3.05) is 18.4 Å². The van der Waals surface area contributed by atoms with Gasteiger partial charge in [0, 0.05) is 25.0 Å². The molecule has 0 aromatic carbocycles. The molecular formula is C11H15F3N4. The fourth-order valence-corrected chi connectivity index (χ4v) is 2.00. The van der Waals surface area contributed by atoms with E-state index in [0.29, 0.717) is 5.92 Å². The largest absolute Gasteiger partial charge is 0.419 e. The van der Waals surface area contributed by atoms with Crippen LogP contribution in [0.4, 0.5) is 19.1 Å². The van der Waals surface area contributed by atoms with Gasteiger partial charge in [-0.1, -0.05) is 6.92 Å². The van der Waals surface area contributed by atoms with Crippen LogP contribution in [0.15, 0.2) is 12.4 Å². The highest BCUT2D eigenvalue weighted by Gasteiger charge is 2.31. The number of alkyl halides is 3. The van der Waals surface area contributed by atoms with Crippen LogP contribution in [0.1, 0.15) is 18.9 Å². The van der Waals surface area contributed by atoms with Crippen LogP contribution in [0, 0.1) is 5.92 Å². The molecule has 1 fully saturated rings. The van der Waals surface area contributed by atoms with E-state index in [1.807, 2.05) is 0 Å². The first-order valence-electron chi connectivity index (χ1n) is 5.81. The van der Waals surface area contributed by atoms with Crippen LogP contribution < -0.4 is 10.6 Å². The van der Waals surface area contributed by atoms with Crippen molar-refractivity contribution in [2.45, 2.75) is 25.6 Å². The van der Waals surface area contributed by atoms with Gasteiger partial charge in [0.25, 0.3) is 0 Å². The van der Waals surface area contributed by atoms with Crippen molar-refractivity contribution in [3.8, 4) is 0 Å². The van der Waals surface area contributed by atoms with Crippen LogP contribution in [0.25, 0.3) is 0 Å². The van der Waals surface area contributed by atoms with E-state index in [2.05, 4.69) is 27.5 Å². The molecular weight excluding hydrogens is 245 g/mol. The molecule has 1 saturated heterocycles. The smallest absolute Gasteiger partial charge is 0.350 e. The lowest BCUT2D eigenvalue weighted by Gasteiger charge is -2.28. The number of nitrogens with zero attached hydrogens (tertiary/aromatic N) is 2. The number of rotatable bonds is 2. The van der Waals surface area contributed by atoms with E-state index in [0.717, 1.165) is 31.9 Å². The van der Waals surface area contributed by atoms with E-state index in [1.54, 1.807) is 0 Å². The molecule has 0 radical (unpaired) electrons. The van der Waals surface area contributed by atoms with E-state index in [-0.39, 0.29) is 12.0 Å². The predicted octanol–water partition coefficient (Wildman–Crippen LogP) is 1.91. The normalized spacial score (nSPS) is 24.9. The molecule has 2 N–H and O–H groups in total. The van der Waals surface area contributed by atoms with Crippen molar-refractivity contribution in [2.24, 2.45) is 5.92 Å². The summed E-state index contributed by atoms with van der Waals surface area (Å²) in [6.07, 6.45) is -1.83. The highest BCUT2D eigenvalue weighted by molar-refractivity contribution is 5.27. The minimum absolute atomic E-state index is 0.158. The van der Waals surface area contributed by atoms with Gasteiger partial charge in [-0.15, -0.1) is 0 Å². The summed E-state index contributed by atoms with van der Waals surface area (Å²) in [7, 11) is 0. The predicted molar refractivity (Wildman–Crippen MR) is 61.1 cm³/mol. The number of hydrogen-bond donors (Lipinski definition) is 2. The summed E-state index contributed by atoms with van der Waals surface area (Å²) in [6, 6.07) is 0.158. The quantitative estimate of drug-likeness (QED) is 0.852. The lowest BCUT2D eigenvalue weighted by atomic mass is 9.98. The molecule has 1 aliphatic rings. The summed E-state index contributed by atoms with van der Waals surface area (Å²) in [5.41, 5.74) is -0.830. The molecule has 2 heterocycles. The number of aromatic nitrogens is 2. The van der Waals surface area contributed by atoms with E-state index < -0.39 is 11.7 Å². The zero-order valence-corrected chi connectivity index (χ0v) is 9.96. The second kappa shape index (κ2) is 5.09. The standard InChI is InChI=1S/C11H15F3N4/c1-7-2-9(6-15-3-7)18-10-16-4-8(5-17-10)11(12,13)14/h4-5,7,9,15H,2-3,6H2,1H3,(H,16,17,18)/t7-,9-/m0/s1. The van der Waals surface area contributed by atoms with Gasteiger partial charge >= 0.3 is 6.18 Å². The Kier molecular flexibility index (Phi) is 3.70. The van der Waals surface area contributed by atoms with Gasteiger partial charge in [0.05, 0.1) is 5.56 Å². The van der Waals surface area contributed by atoms with Crippen LogP contribution in [0.3, 0.4) is 0 Å². The molecule has 7 heteroatoms. The summed E-state index contributed by atoms with van der Waals surface area (Å²) in [5, 5.41) is 6.28. The summed E-state index contributed by atoms with van der Waals surface area (Å²) in [6.45, 7) is 3.86. The van der Waals surface area contributed by atoms with Crippen molar-refractivity contribution in [3.63, 3.8) is 0 Å². The Morgan fingerprint density at radius 2 is 1.94 bits per heavy atom. The van der Waals surface area contributed by atoms with Crippen molar-refractivity contribution in [1.29, 1.82) is 0 Å². The second-order valence-corrected chi connectivity index (χ2v) is 4.63. The molecule has 4 nitrogen and oxygen atoms in total. The zero-order chi connectivity index (χ0) is 13.2. The van der Waals surface area contributed by atoms with Crippen molar-refractivity contribution in [3.05, 3.63) is 18.0 Å². The van der Waals surface area contributed by atoms with Gasteiger partial charge < -0.3 is 10.6 Å². The average molecular weight is 260 g/mol. The molecule has 0 amide bonds. The summed E-state index contributed by atoms with van der Waals surface area (Å²) in [4.78, 5) is 7.39. The van der Waals surface area contributed by atoms with Gasteiger partial charge in [0.2, 0.25) is 5.95 Å². The molecule has 0 unspecified atom stereocenters. The SMILES string of the molecule is C[C@@H]1CNC[C@@H](Nc2ncc(C(F)(F)F)cn2)C1. The van der Waals surface area contributed by atoms with E-state index in [4.69, 9.17) is 0 Å². The van der Waals surface area contributed by atoms with E-state index in [1.165, 1.54) is 0 Å². The summed E-state index contributed by atoms with van der Waals surface area (Å²) >= 11 is 0. The number of piperidine rings is 1. The number of nitrogens with one attached hydrogen (secondary N) is 2. The van der Waals surface area contributed by atoms with Crippen LogP contribution in [-0.2, 0) is 6.18 Å². The minimum Gasteiger partial charge on any atom is -0.350 e. The lowest BCUT2D eigenvalue weighted by molar-refractivity contribution is -0.138. The van der Waals surface area contributed by atoms with E-state index in [9.17, 15) is 13.2 Å². The lowest BCUT2D eigenvalue weighted by Crippen LogP contribution is -2.42. The van der Waals surface area contributed by atoms with Gasteiger partial charge in [0.15, 0.2) is 0 Å². The molecule has 2 rings (SSSR count). The first kappa shape index (κ1) is 13.1. The summed E-state index contributed by atoms with van der Waals surface area (Å²) in [5.74, 6) is 0.773. The van der Waals surface area contributed by atoms with Crippen LogP contribution in [0.5, 0.6) is 0 Å². The van der Waals surface area contributed by atoms with Gasteiger partial charge in [0.1, 0.15) is 0 Å². The molecule has 100 valence electrons. The Balaban J connectivity index is 1.98. The molecule has 0 spiro atoms. The molecule has 0 bridgehead atoms. The van der Waals surface area contributed by atoms with Crippen LogP contribution in [-0.4, -0.2) is 29.1 Å². The van der Waals surface area contributed by atoms with Crippen LogP contribution in [0.2, 0.25) is 0 Å². The third-order valence-electron chi connectivity index (χ3n) is 2.88. The molecule has 1 aromatic heterocycles. The number of halogens is 3. The molecule has 1 aromatic rings. The van der Waals surface area contributed by atoms with Gasteiger partial charge in [-0.2, -0.15) is 13.2 Å². The Labute approximate surface area is 103 Å². The Morgan fingerprint density at radius 3 is 2.50 bits per heavy atom. The molecule has 1 aliphatic heterocycles. The molecule has 18 heavy (non-hydrogen) atoms. The zero-order valence-electron chi connectivity index (χ0n) is 9.96. The second-order valence-electron chi connectivity index (χ2n) is 4.63. The molecule has 2 atom stereocenters. The fraction of sp³-hybridized carbons (Fsp3) is 0.636. The maximum Gasteiger partial charge on any atom is 0.419 e. The third-order valence-corrected chi connectivity index (χ3v) is 2.88. The monoisotopic (exact) mass is 260 g/mol. The van der Waals surface area contributed by atoms with E-state index >= 15 is 0 Å². The first-order valence-corrected chi connectivity index (χ1v) is 5.81. The van der Waals surface area contributed by atoms with Crippen molar-refractivity contribution >= 4 is 5.95 Å². The van der Waals surface area contributed by atoms with Gasteiger partial charge in [-0.25, -0.2) is 9.97 Å². The van der Waals surface area contributed by atoms with Crippen molar-refractivity contribution < 1.29 is 13.2 Å². The minimum atomic E-state index is -4.39. The first-order chi connectivity index (χ1) is 8.45. The number of anilines is 1. The summed E-state index contributed by atoms with van der Waals surface area (Å²) < 4.78 is 37.0. The van der Waals surface area contributed by atoms with Crippen LogP contribution >= 0.6 is 0 Å². The Hall–Kier alpha value is -1.37. The number of hydrogen-bond acceptors (Lipinski definition) is 4. The topological polar surface area (TPSA) is 49.8 Å². The Bertz CT molecular complexity index is 390. The average Bonchev–Trinajstić information content (AvgIpc) is 2.28. The highest BCUT2D eigenvalue weighted by atomic mass is 19.4. The van der Waals surface area contributed by atoms with Crippen molar-refractivity contribution in [1.82, 2.24) is 15.3 Å². The molecule has 0 saturated carbocycles. The van der Waals surface area contributed by atoms with Gasteiger partial charge in [-0.3, -0.25) is 0 Å². The highest BCUT2D eigenvalue weighted by Crippen LogP contribution is 2.28. The van der Waals surface area contributed by atoms with Gasteiger partial charge in [-0.05, 0) is 18.9 Å². The molecule has 0 aliphatic carbocycles. The fourth-order valence-electron chi connectivity index (χ4n) is 2.00. The maximum atomic E-state index is 12.3. The Morgan fingerprint density at radius 1 is 1.28 bits per heavy atom.